The second-order valence-corrected chi connectivity index (χ2v) is 7.31. The van der Waals surface area contributed by atoms with E-state index in [4.69, 9.17) is 0 Å². The maximum absolute atomic E-state index is 13.5. The summed E-state index contributed by atoms with van der Waals surface area (Å²) in [6.07, 6.45) is 6.00. The smallest absolute Gasteiger partial charge is 0.123 e. The van der Waals surface area contributed by atoms with Crippen LogP contribution in [0.4, 0.5) is 4.39 Å². The lowest BCUT2D eigenvalue weighted by Gasteiger charge is -2.33. The Morgan fingerprint density at radius 3 is 2.26 bits per heavy atom. The van der Waals surface area contributed by atoms with E-state index in [0.717, 1.165) is 43.7 Å². The average Bonchev–Trinajstić information content (AvgIpc) is 3.35. The van der Waals surface area contributed by atoms with E-state index >= 15 is 0 Å². The molecular formula is C30H48FN3O. The average molecular weight is 486 g/mol. The molecule has 0 saturated carbocycles. The van der Waals surface area contributed by atoms with Gasteiger partial charge in [-0.2, -0.15) is 0 Å². The molecule has 1 fully saturated rings. The molecular weight excluding hydrogens is 437 g/mol. The van der Waals surface area contributed by atoms with Crippen LogP contribution in [0.3, 0.4) is 0 Å². The van der Waals surface area contributed by atoms with Gasteiger partial charge in [0.1, 0.15) is 11.6 Å². The number of benzene rings is 2. The number of imidazole rings is 1. The molecule has 1 aliphatic rings. The Balaban J connectivity index is 0.00000132. The Morgan fingerprint density at radius 2 is 1.60 bits per heavy atom. The summed E-state index contributed by atoms with van der Waals surface area (Å²) in [6, 6.07) is 14.3. The minimum absolute atomic E-state index is 0.209. The van der Waals surface area contributed by atoms with Crippen molar-refractivity contribution in [2.75, 3.05) is 13.1 Å². The van der Waals surface area contributed by atoms with Crippen LogP contribution in [0.5, 0.6) is 5.75 Å². The van der Waals surface area contributed by atoms with Gasteiger partial charge in [-0.15, -0.1) is 0 Å². The number of phenolic OH excluding ortho intramolecular Hbond substituents is 1. The van der Waals surface area contributed by atoms with E-state index in [1.165, 1.54) is 11.6 Å². The molecule has 3 aromatic rings. The van der Waals surface area contributed by atoms with Gasteiger partial charge in [0.25, 0.3) is 0 Å². The normalized spacial score (nSPS) is 14.5. The van der Waals surface area contributed by atoms with Gasteiger partial charge in [-0.05, 0) is 60.7 Å². The topological polar surface area (TPSA) is 41.3 Å². The molecule has 0 bridgehead atoms. The van der Waals surface area contributed by atoms with Crippen LogP contribution in [-0.2, 0) is 13.1 Å². The van der Waals surface area contributed by atoms with Crippen molar-refractivity contribution in [3.63, 3.8) is 0 Å². The number of likely N-dealkylation sites (tertiary alicyclic amines) is 1. The zero-order chi connectivity index (χ0) is 26.6. The summed E-state index contributed by atoms with van der Waals surface area (Å²) in [6.45, 7) is 19.5. The molecule has 0 radical (unpaired) electrons. The highest BCUT2D eigenvalue weighted by Gasteiger charge is 2.22. The molecule has 0 aliphatic carbocycles. The van der Waals surface area contributed by atoms with E-state index in [9.17, 15) is 9.50 Å². The summed E-state index contributed by atoms with van der Waals surface area (Å²) < 4.78 is 15.5. The first kappa shape index (κ1) is 32.3. The summed E-state index contributed by atoms with van der Waals surface area (Å²) in [5.41, 5.74) is 3.27. The maximum Gasteiger partial charge on any atom is 0.123 e. The first-order valence-electron chi connectivity index (χ1n) is 13.4. The molecule has 1 atom stereocenters. The molecule has 1 aromatic heterocycles. The summed E-state index contributed by atoms with van der Waals surface area (Å²) in [7, 11) is 0. The van der Waals surface area contributed by atoms with E-state index in [-0.39, 0.29) is 5.82 Å². The summed E-state index contributed by atoms with van der Waals surface area (Å²) >= 11 is 0. The number of hydrogen-bond acceptors (Lipinski definition) is 3. The SMILES string of the molecule is CC.CC.CC.CC.Oc1cccc(C2CCCN(Cc3cncn3Cc3cccc(F)c3)C2)c1. The van der Waals surface area contributed by atoms with Gasteiger partial charge in [0.05, 0.1) is 12.0 Å². The highest BCUT2D eigenvalue weighted by Crippen LogP contribution is 2.29. The van der Waals surface area contributed by atoms with Crippen molar-refractivity contribution in [1.29, 1.82) is 0 Å². The maximum atomic E-state index is 13.5. The van der Waals surface area contributed by atoms with Gasteiger partial charge in [0, 0.05) is 25.8 Å². The first-order valence-corrected chi connectivity index (χ1v) is 13.4. The molecule has 1 N–H and O–H groups in total. The van der Waals surface area contributed by atoms with Crippen LogP contribution in [0.15, 0.2) is 61.1 Å². The Hall–Kier alpha value is -2.66. The molecule has 1 unspecified atom stereocenters. The van der Waals surface area contributed by atoms with E-state index in [2.05, 4.69) is 20.5 Å². The van der Waals surface area contributed by atoms with Crippen LogP contribution in [0, 0.1) is 5.82 Å². The fourth-order valence-electron chi connectivity index (χ4n) is 3.93. The third-order valence-corrected chi connectivity index (χ3v) is 5.27. The summed E-state index contributed by atoms with van der Waals surface area (Å²) in [4.78, 5) is 6.75. The third-order valence-electron chi connectivity index (χ3n) is 5.27. The Kier molecular flexibility index (Phi) is 18.1. The minimum Gasteiger partial charge on any atom is -0.508 e. The number of phenols is 1. The lowest BCUT2D eigenvalue weighted by atomic mass is 9.90. The summed E-state index contributed by atoms with van der Waals surface area (Å²) in [5.74, 6) is 0.558. The third kappa shape index (κ3) is 11.1. The molecule has 4 rings (SSSR count). The van der Waals surface area contributed by atoms with Crippen LogP contribution in [0.25, 0.3) is 0 Å². The van der Waals surface area contributed by atoms with Gasteiger partial charge >= 0.3 is 0 Å². The number of rotatable bonds is 5. The summed E-state index contributed by atoms with van der Waals surface area (Å²) in [5, 5.41) is 9.76. The molecule has 2 heterocycles. The molecule has 196 valence electrons. The molecule has 1 aliphatic heterocycles. The van der Waals surface area contributed by atoms with E-state index in [1.807, 2.05) is 86.1 Å². The van der Waals surface area contributed by atoms with Crippen molar-refractivity contribution in [2.45, 2.75) is 87.2 Å². The van der Waals surface area contributed by atoms with Crippen LogP contribution in [0.1, 0.15) is 91.0 Å². The van der Waals surface area contributed by atoms with E-state index in [0.29, 0.717) is 18.2 Å². The number of aromatic hydroxyl groups is 1. The molecule has 0 spiro atoms. The van der Waals surface area contributed by atoms with Crippen molar-refractivity contribution in [1.82, 2.24) is 14.5 Å². The molecule has 5 heteroatoms. The van der Waals surface area contributed by atoms with Crippen molar-refractivity contribution in [2.24, 2.45) is 0 Å². The highest BCUT2D eigenvalue weighted by atomic mass is 19.1. The number of hydrogen-bond donors (Lipinski definition) is 1. The molecule has 35 heavy (non-hydrogen) atoms. The second kappa shape index (κ2) is 19.6. The van der Waals surface area contributed by atoms with Gasteiger partial charge in [-0.25, -0.2) is 9.37 Å². The molecule has 2 aromatic carbocycles. The van der Waals surface area contributed by atoms with Gasteiger partial charge in [-0.3, -0.25) is 4.90 Å². The number of halogens is 1. The quantitative estimate of drug-likeness (QED) is 0.395. The zero-order valence-electron chi connectivity index (χ0n) is 23.3. The Morgan fingerprint density at radius 1 is 0.914 bits per heavy atom. The van der Waals surface area contributed by atoms with Gasteiger partial charge in [0.2, 0.25) is 0 Å². The van der Waals surface area contributed by atoms with E-state index < -0.39 is 0 Å². The monoisotopic (exact) mass is 485 g/mol. The predicted molar refractivity (Wildman–Crippen MR) is 148 cm³/mol. The molecule has 4 nitrogen and oxygen atoms in total. The van der Waals surface area contributed by atoms with Crippen LogP contribution in [0.2, 0.25) is 0 Å². The van der Waals surface area contributed by atoms with Crippen molar-refractivity contribution in [3.05, 3.63) is 83.7 Å². The number of aromatic nitrogens is 2. The van der Waals surface area contributed by atoms with Crippen LogP contribution in [-0.4, -0.2) is 32.6 Å². The van der Waals surface area contributed by atoms with Gasteiger partial charge < -0.3 is 9.67 Å². The van der Waals surface area contributed by atoms with E-state index in [1.54, 1.807) is 18.2 Å². The second-order valence-electron chi connectivity index (χ2n) is 7.31. The van der Waals surface area contributed by atoms with Gasteiger partial charge in [-0.1, -0.05) is 79.7 Å². The standard InChI is InChI=1S/C22H24FN3O.4C2H6/c23-20-7-1-4-17(10-20)13-26-16-24-12-21(26)15-25-9-3-6-19(14-25)18-5-2-8-22(27)11-18;4*1-2/h1-2,4-5,7-8,10-12,16,19,27H,3,6,9,13-15H2;4*1-2H3. The fraction of sp³-hybridized carbons (Fsp3) is 0.500. The van der Waals surface area contributed by atoms with Crippen LogP contribution < -0.4 is 0 Å². The first-order chi connectivity index (χ1) is 17.2. The number of nitrogens with zero attached hydrogens (tertiary/aromatic N) is 3. The predicted octanol–water partition coefficient (Wildman–Crippen LogP) is 8.26. The van der Waals surface area contributed by atoms with Crippen LogP contribution >= 0.6 is 0 Å². The molecule has 0 amide bonds. The minimum atomic E-state index is -0.209. The highest BCUT2D eigenvalue weighted by molar-refractivity contribution is 5.30. The lowest BCUT2D eigenvalue weighted by Crippen LogP contribution is -2.34. The lowest BCUT2D eigenvalue weighted by molar-refractivity contribution is 0.196. The van der Waals surface area contributed by atoms with Crippen molar-refractivity contribution >= 4 is 0 Å². The van der Waals surface area contributed by atoms with Gasteiger partial charge in [0.15, 0.2) is 0 Å². The Bertz CT molecular complexity index is 910. The fourth-order valence-corrected chi connectivity index (χ4v) is 3.93. The zero-order valence-corrected chi connectivity index (χ0v) is 23.3. The Labute approximate surface area is 213 Å². The number of piperidine rings is 1. The van der Waals surface area contributed by atoms with Crippen molar-refractivity contribution < 1.29 is 9.50 Å². The molecule has 1 saturated heterocycles. The van der Waals surface area contributed by atoms with Crippen molar-refractivity contribution in [3.8, 4) is 5.75 Å². The largest absolute Gasteiger partial charge is 0.508 e.